The molecule has 140 valence electrons. The number of ketones is 1. The molecule has 0 saturated carbocycles. The Hall–Kier alpha value is -1.85. The Morgan fingerprint density at radius 3 is 2.15 bits per heavy atom. The third-order valence-corrected chi connectivity index (χ3v) is 5.20. The third-order valence-electron chi connectivity index (χ3n) is 3.02. The minimum Gasteiger partial charge on any atom is -0.406 e. The first-order valence-corrected chi connectivity index (χ1v) is 10.4. The number of benzene rings is 2. The smallest absolute Gasteiger partial charge is 0.406 e. The molecule has 1 N–H and O–H groups in total. The van der Waals surface area contributed by atoms with Gasteiger partial charge in [-0.25, -0.2) is 8.42 Å². The number of nitrogens with one attached hydrogen (secondary N) is 1. The molecule has 0 heterocycles. The Morgan fingerprint density at radius 2 is 1.65 bits per heavy atom. The molecule has 0 fully saturated rings. The van der Waals surface area contributed by atoms with E-state index in [1.54, 1.807) is 0 Å². The molecule has 2 aromatic carbocycles. The van der Waals surface area contributed by atoms with Gasteiger partial charge >= 0.3 is 6.36 Å². The van der Waals surface area contributed by atoms with Gasteiger partial charge in [-0.1, -0.05) is 10.8 Å². The fourth-order valence-corrected chi connectivity index (χ4v) is 3.59. The van der Waals surface area contributed by atoms with Gasteiger partial charge in [0.25, 0.3) is 10.0 Å². The molecular formula is C15H12F3NO4S3. The van der Waals surface area contributed by atoms with E-state index in [0.717, 1.165) is 35.1 Å². The lowest BCUT2D eigenvalue weighted by Gasteiger charge is -2.11. The first kappa shape index (κ1) is 20.5. The number of alkyl halides is 3. The number of hydrogen-bond acceptors (Lipinski definition) is 6. The lowest BCUT2D eigenvalue weighted by atomic mass is 10.1. The summed E-state index contributed by atoms with van der Waals surface area (Å²) in [5.41, 5.74) is 0.610. The summed E-state index contributed by atoms with van der Waals surface area (Å²) in [5.74, 6) is -0.499. The van der Waals surface area contributed by atoms with Gasteiger partial charge < -0.3 is 4.74 Å². The van der Waals surface area contributed by atoms with E-state index in [4.69, 9.17) is 0 Å². The normalized spacial score (nSPS) is 11.8. The molecule has 0 unspecified atom stereocenters. The second-order valence-electron chi connectivity index (χ2n) is 4.90. The van der Waals surface area contributed by atoms with Gasteiger partial charge in [0.2, 0.25) is 0 Å². The summed E-state index contributed by atoms with van der Waals surface area (Å²) >= 11 is 3.89. The van der Waals surface area contributed by atoms with Gasteiger partial charge in [-0.15, -0.1) is 24.8 Å². The van der Waals surface area contributed by atoms with Crippen LogP contribution in [0.4, 0.5) is 18.9 Å². The summed E-state index contributed by atoms with van der Waals surface area (Å²) in [6, 6.07) is 9.54. The van der Waals surface area contributed by atoms with Crippen molar-refractivity contribution in [1.82, 2.24) is 0 Å². The van der Waals surface area contributed by atoms with E-state index in [-0.39, 0.29) is 22.1 Å². The molecule has 0 saturated heterocycles. The highest BCUT2D eigenvalue weighted by Crippen LogP contribution is 2.25. The quantitative estimate of drug-likeness (QED) is 0.398. The van der Waals surface area contributed by atoms with Gasteiger partial charge in [0.15, 0.2) is 5.78 Å². The third kappa shape index (κ3) is 5.85. The van der Waals surface area contributed by atoms with Crippen molar-refractivity contribution in [2.24, 2.45) is 0 Å². The zero-order valence-corrected chi connectivity index (χ0v) is 15.4. The molecule has 2 aromatic rings. The van der Waals surface area contributed by atoms with E-state index >= 15 is 0 Å². The SMILES string of the molecule is O=C(CSS)c1ccc(NS(=O)(=O)c2ccc(OC(F)(F)F)cc2)cc1. The van der Waals surface area contributed by atoms with Crippen molar-refractivity contribution < 1.29 is 31.1 Å². The van der Waals surface area contributed by atoms with Crippen LogP contribution in [0, 0.1) is 0 Å². The highest BCUT2D eigenvalue weighted by Gasteiger charge is 2.31. The monoisotopic (exact) mass is 423 g/mol. The number of Topliss-reactive ketones (excluding diaryl/α,β-unsaturated/α-hetero) is 1. The Kier molecular flexibility index (Phi) is 6.48. The van der Waals surface area contributed by atoms with Gasteiger partial charge in [-0.05, 0) is 48.5 Å². The predicted octanol–water partition coefficient (Wildman–Crippen LogP) is 4.15. The van der Waals surface area contributed by atoms with E-state index in [1.807, 2.05) is 0 Å². The number of sulfonamides is 1. The fraction of sp³-hybridized carbons (Fsp3) is 0.133. The van der Waals surface area contributed by atoms with Crippen molar-refractivity contribution in [1.29, 1.82) is 0 Å². The highest BCUT2D eigenvalue weighted by molar-refractivity contribution is 8.68. The van der Waals surface area contributed by atoms with Gasteiger partial charge in [-0.2, -0.15) is 0 Å². The Morgan fingerprint density at radius 1 is 1.08 bits per heavy atom. The van der Waals surface area contributed by atoms with E-state index in [0.29, 0.717) is 5.56 Å². The molecule has 0 radical (unpaired) electrons. The van der Waals surface area contributed by atoms with Crippen LogP contribution in [0.25, 0.3) is 0 Å². The molecule has 0 spiro atoms. The molecule has 0 amide bonds. The van der Waals surface area contributed by atoms with Crippen LogP contribution in [0.1, 0.15) is 10.4 Å². The number of ether oxygens (including phenoxy) is 1. The van der Waals surface area contributed by atoms with Crippen molar-refractivity contribution >= 4 is 43.9 Å². The topological polar surface area (TPSA) is 72.5 Å². The van der Waals surface area contributed by atoms with Crippen LogP contribution in [0.15, 0.2) is 53.4 Å². The second-order valence-corrected chi connectivity index (χ2v) is 7.90. The number of thiol groups is 1. The maximum absolute atomic E-state index is 12.3. The molecule has 26 heavy (non-hydrogen) atoms. The fourth-order valence-electron chi connectivity index (χ4n) is 1.90. The molecular weight excluding hydrogens is 411 g/mol. The van der Waals surface area contributed by atoms with Crippen molar-refractivity contribution in [2.45, 2.75) is 11.3 Å². The van der Waals surface area contributed by atoms with E-state index in [1.165, 1.54) is 24.3 Å². The Balaban J connectivity index is 2.12. The van der Waals surface area contributed by atoms with Crippen LogP contribution >= 0.6 is 22.5 Å². The van der Waals surface area contributed by atoms with Crippen molar-refractivity contribution in [3.05, 3.63) is 54.1 Å². The van der Waals surface area contributed by atoms with Gasteiger partial charge in [0, 0.05) is 11.3 Å². The number of carbonyl (C=O) groups is 1. The zero-order chi connectivity index (χ0) is 19.4. The number of hydrogen-bond donors (Lipinski definition) is 2. The first-order valence-electron chi connectivity index (χ1n) is 6.89. The van der Waals surface area contributed by atoms with Crippen LogP contribution in [-0.4, -0.2) is 26.3 Å². The summed E-state index contributed by atoms with van der Waals surface area (Å²) in [7, 11) is -2.93. The number of halogens is 3. The molecule has 0 bridgehead atoms. The maximum atomic E-state index is 12.3. The molecule has 0 aliphatic heterocycles. The molecule has 11 heteroatoms. The van der Waals surface area contributed by atoms with Crippen molar-refractivity contribution in [3.8, 4) is 5.75 Å². The van der Waals surface area contributed by atoms with Gasteiger partial charge in [-0.3, -0.25) is 9.52 Å². The lowest BCUT2D eigenvalue weighted by molar-refractivity contribution is -0.274. The van der Waals surface area contributed by atoms with Crippen molar-refractivity contribution in [2.75, 3.05) is 10.5 Å². The van der Waals surface area contributed by atoms with E-state index < -0.39 is 22.1 Å². The first-order chi connectivity index (χ1) is 12.1. The van der Waals surface area contributed by atoms with E-state index in [2.05, 4.69) is 21.1 Å². The summed E-state index contributed by atoms with van der Waals surface area (Å²) in [4.78, 5) is 11.5. The molecule has 0 aliphatic rings. The van der Waals surface area contributed by atoms with Crippen molar-refractivity contribution in [3.63, 3.8) is 0 Å². The molecule has 0 aliphatic carbocycles. The predicted molar refractivity (Wildman–Crippen MR) is 96.2 cm³/mol. The number of anilines is 1. The number of carbonyl (C=O) groups excluding carboxylic acids is 1. The lowest BCUT2D eigenvalue weighted by Crippen LogP contribution is -2.17. The highest BCUT2D eigenvalue weighted by atomic mass is 33.1. The average molecular weight is 423 g/mol. The van der Waals surface area contributed by atoms with Crippen LogP contribution < -0.4 is 9.46 Å². The average Bonchev–Trinajstić information content (AvgIpc) is 2.54. The van der Waals surface area contributed by atoms with Crippen LogP contribution in [0.5, 0.6) is 5.75 Å². The Bertz CT molecular complexity index is 867. The maximum Gasteiger partial charge on any atom is 0.573 e. The molecule has 5 nitrogen and oxygen atoms in total. The Labute approximate surface area is 156 Å². The van der Waals surface area contributed by atoms with Gasteiger partial charge in [0.05, 0.1) is 10.6 Å². The van der Waals surface area contributed by atoms with Crippen LogP contribution in [0.2, 0.25) is 0 Å². The minimum atomic E-state index is -4.86. The number of rotatable bonds is 7. The van der Waals surface area contributed by atoms with Crippen LogP contribution in [0.3, 0.4) is 0 Å². The molecule has 2 rings (SSSR count). The second kappa shape index (κ2) is 8.23. The molecule has 0 atom stereocenters. The van der Waals surface area contributed by atoms with E-state index in [9.17, 15) is 26.4 Å². The summed E-state index contributed by atoms with van der Waals surface area (Å²) in [6.45, 7) is 0. The minimum absolute atomic E-state index is 0.153. The standard InChI is InChI=1S/C15H12F3NO4S3/c16-15(17,18)23-12-5-7-13(8-6-12)26(21,22)19-11-3-1-10(2-4-11)14(20)9-25-24/h1-8,19,24H,9H2. The van der Waals surface area contributed by atoms with Gasteiger partial charge in [0.1, 0.15) is 5.75 Å². The summed E-state index contributed by atoms with van der Waals surface area (Å²) in [6.07, 6.45) is -4.86. The van der Waals surface area contributed by atoms with Crippen LogP contribution in [-0.2, 0) is 10.0 Å². The largest absolute Gasteiger partial charge is 0.573 e. The summed E-state index contributed by atoms with van der Waals surface area (Å²) in [5, 5.41) is 0. The summed E-state index contributed by atoms with van der Waals surface area (Å²) < 4.78 is 66.9. The zero-order valence-electron chi connectivity index (χ0n) is 12.9. The molecule has 0 aromatic heterocycles.